The van der Waals surface area contributed by atoms with Gasteiger partial charge < -0.3 is 14.6 Å². The summed E-state index contributed by atoms with van der Waals surface area (Å²) in [5.41, 5.74) is 2.78. The summed E-state index contributed by atoms with van der Waals surface area (Å²) >= 11 is 0. The molecule has 1 aliphatic rings. The normalized spacial score (nSPS) is 14.4. The van der Waals surface area contributed by atoms with Crippen LogP contribution in [0, 0.1) is 6.92 Å². The summed E-state index contributed by atoms with van der Waals surface area (Å²) in [7, 11) is 0. The van der Waals surface area contributed by atoms with E-state index in [0.29, 0.717) is 25.4 Å². The highest BCUT2D eigenvalue weighted by Crippen LogP contribution is 2.33. The summed E-state index contributed by atoms with van der Waals surface area (Å²) in [5.74, 6) is 0.0309. The number of hydrogen-bond donors (Lipinski definition) is 1. The van der Waals surface area contributed by atoms with Crippen LogP contribution in [0.2, 0.25) is 0 Å². The Morgan fingerprint density at radius 1 is 1.14 bits per heavy atom. The van der Waals surface area contributed by atoms with Gasteiger partial charge in [-0.05, 0) is 42.2 Å². The Morgan fingerprint density at radius 3 is 2.59 bits per heavy atom. The molecule has 2 aromatic carbocycles. The molecule has 3 rings (SSSR count). The number of aryl methyl sites for hydroxylation is 1. The van der Waals surface area contributed by atoms with Crippen LogP contribution in [0.5, 0.6) is 11.5 Å². The first-order chi connectivity index (χ1) is 10.6. The van der Waals surface area contributed by atoms with E-state index in [0.717, 1.165) is 22.4 Å². The van der Waals surface area contributed by atoms with Crippen molar-refractivity contribution in [2.45, 2.75) is 19.3 Å². The lowest BCUT2D eigenvalue weighted by molar-refractivity contribution is -0.138. The molecule has 2 aromatic rings. The molecule has 0 aliphatic carbocycles. The van der Waals surface area contributed by atoms with E-state index in [1.165, 1.54) is 0 Å². The lowest BCUT2D eigenvalue weighted by atomic mass is 9.89. The molecule has 0 aromatic heterocycles. The van der Waals surface area contributed by atoms with Gasteiger partial charge >= 0.3 is 5.97 Å². The Hall–Kier alpha value is -2.49. The van der Waals surface area contributed by atoms with E-state index in [9.17, 15) is 9.90 Å². The SMILES string of the molecule is Cc1ccccc1C(Cc1ccc2c(c1)OCCO2)C(=O)O. The fraction of sp³-hybridized carbons (Fsp3) is 0.278. The Bertz CT molecular complexity index is 693. The van der Waals surface area contributed by atoms with Crippen molar-refractivity contribution < 1.29 is 19.4 Å². The molecule has 4 nitrogen and oxygen atoms in total. The largest absolute Gasteiger partial charge is 0.486 e. The number of fused-ring (bicyclic) bond motifs is 1. The predicted octanol–water partition coefficient (Wildman–Crippen LogP) is 3.18. The molecule has 0 fully saturated rings. The van der Waals surface area contributed by atoms with Gasteiger partial charge in [0, 0.05) is 0 Å². The van der Waals surface area contributed by atoms with Gasteiger partial charge in [-0.2, -0.15) is 0 Å². The summed E-state index contributed by atoms with van der Waals surface area (Å²) in [6.45, 7) is 3.01. The average molecular weight is 298 g/mol. The van der Waals surface area contributed by atoms with E-state index in [4.69, 9.17) is 9.47 Å². The fourth-order valence-electron chi connectivity index (χ4n) is 2.76. The molecule has 0 spiro atoms. The van der Waals surface area contributed by atoms with E-state index in [2.05, 4.69) is 0 Å². The summed E-state index contributed by atoms with van der Waals surface area (Å²) < 4.78 is 11.1. The molecule has 0 saturated heterocycles. The second-order valence-electron chi connectivity index (χ2n) is 5.43. The monoisotopic (exact) mass is 298 g/mol. The average Bonchev–Trinajstić information content (AvgIpc) is 2.53. The van der Waals surface area contributed by atoms with E-state index < -0.39 is 11.9 Å². The second kappa shape index (κ2) is 6.10. The maximum absolute atomic E-state index is 11.7. The molecule has 1 heterocycles. The van der Waals surface area contributed by atoms with Crippen molar-refractivity contribution in [1.82, 2.24) is 0 Å². The Morgan fingerprint density at radius 2 is 1.86 bits per heavy atom. The van der Waals surface area contributed by atoms with Crippen LogP contribution in [0.1, 0.15) is 22.6 Å². The number of hydrogen-bond acceptors (Lipinski definition) is 3. The van der Waals surface area contributed by atoms with Crippen molar-refractivity contribution in [3.05, 3.63) is 59.2 Å². The second-order valence-corrected chi connectivity index (χ2v) is 5.43. The maximum atomic E-state index is 11.7. The number of carboxylic acids is 1. The summed E-state index contributed by atoms with van der Waals surface area (Å²) in [4.78, 5) is 11.7. The van der Waals surface area contributed by atoms with Crippen molar-refractivity contribution in [2.75, 3.05) is 13.2 Å². The van der Waals surface area contributed by atoms with E-state index in [-0.39, 0.29) is 0 Å². The molecule has 22 heavy (non-hydrogen) atoms. The van der Waals surface area contributed by atoms with Gasteiger partial charge in [0.1, 0.15) is 13.2 Å². The Kier molecular flexibility index (Phi) is 4.00. The molecule has 114 valence electrons. The van der Waals surface area contributed by atoms with E-state index in [1.807, 2.05) is 49.4 Å². The van der Waals surface area contributed by atoms with Crippen molar-refractivity contribution in [1.29, 1.82) is 0 Å². The zero-order chi connectivity index (χ0) is 15.5. The number of benzene rings is 2. The van der Waals surface area contributed by atoms with Crippen LogP contribution in [0.3, 0.4) is 0 Å². The Labute approximate surface area is 129 Å². The molecule has 4 heteroatoms. The molecule has 1 N–H and O–H groups in total. The van der Waals surface area contributed by atoms with Crippen LogP contribution < -0.4 is 9.47 Å². The van der Waals surface area contributed by atoms with Crippen molar-refractivity contribution >= 4 is 5.97 Å². The highest BCUT2D eigenvalue weighted by Gasteiger charge is 2.23. The smallest absolute Gasteiger partial charge is 0.311 e. The Balaban J connectivity index is 1.89. The van der Waals surface area contributed by atoms with Crippen LogP contribution in [0.4, 0.5) is 0 Å². The predicted molar refractivity (Wildman–Crippen MR) is 82.7 cm³/mol. The standard InChI is InChI=1S/C18H18O4/c1-12-4-2-3-5-14(12)15(18(19)20)10-13-6-7-16-17(11-13)22-9-8-21-16/h2-7,11,15H,8-10H2,1H3,(H,19,20). The first kappa shape index (κ1) is 14.4. The highest BCUT2D eigenvalue weighted by atomic mass is 16.6. The van der Waals surface area contributed by atoms with Crippen molar-refractivity contribution in [3.63, 3.8) is 0 Å². The maximum Gasteiger partial charge on any atom is 0.311 e. The molecular weight excluding hydrogens is 280 g/mol. The van der Waals surface area contributed by atoms with E-state index in [1.54, 1.807) is 0 Å². The zero-order valence-electron chi connectivity index (χ0n) is 12.4. The molecule has 1 atom stereocenters. The number of carboxylic acid groups (broad SMARTS) is 1. The van der Waals surface area contributed by atoms with Crippen LogP contribution in [0.25, 0.3) is 0 Å². The number of carbonyl (C=O) groups is 1. The van der Waals surface area contributed by atoms with Gasteiger partial charge in [0.25, 0.3) is 0 Å². The lowest BCUT2D eigenvalue weighted by Gasteiger charge is -2.20. The van der Waals surface area contributed by atoms with Gasteiger partial charge in [-0.1, -0.05) is 30.3 Å². The van der Waals surface area contributed by atoms with Crippen molar-refractivity contribution in [2.24, 2.45) is 0 Å². The quantitative estimate of drug-likeness (QED) is 0.942. The topological polar surface area (TPSA) is 55.8 Å². The van der Waals surface area contributed by atoms with E-state index >= 15 is 0 Å². The summed E-state index contributed by atoms with van der Waals surface area (Å²) in [6.07, 6.45) is 0.427. The van der Waals surface area contributed by atoms with Crippen LogP contribution in [0.15, 0.2) is 42.5 Å². The number of rotatable bonds is 4. The van der Waals surface area contributed by atoms with Gasteiger partial charge in [0.2, 0.25) is 0 Å². The van der Waals surface area contributed by atoms with Gasteiger partial charge in [0.15, 0.2) is 11.5 Å². The molecule has 1 unspecified atom stereocenters. The third-order valence-corrected chi connectivity index (χ3v) is 3.91. The van der Waals surface area contributed by atoms with Crippen LogP contribution in [-0.2, 0) is 11.2 Å². The minimum Gasteiger partial charge on any atom is -0.486 e. The lowest BCUT2D eigenvalue weighted by Crippen LogP contribution is -2.17. The first-order valence-electron chi connectivity index (χ1n) is 7.32. The van der Waals surface area contributed by atoms with Gasteiger partial charge in [0.05, 0.1) is 5.92 Å². The number of aliphatic carboxylic acids is 1. The molecule has 1 aliphatic heterocycles. The minimum atomic E-state index is -0.816. The molecule has 0 saturated carbocycles. The third-order valence-electron chi connectivity index (χ3n) is 3.91. The molecular formula is C18H18O4. The van der Waals surface area contributed by atoms with Crippen LogP contribution in [-0.4, -0.2) is 24.3 Å². The minimum absolute atomic E-state index is 0.427. The van der Waals surface area contributed by atoms with Gasteiger partial charge in [-0.25, -0.2) is 0 Å². The molecule has 0 radical (unpaired) electrons. The van der Waals surface area contributed by atoms with Gasteiger partial charge in [-0.15, -0.1) is 0 Å². The first-order valence-corrected chi connectivity index (χ1v) is 7.32. The van der Waals surface area contributed by atoms with Crippen LogP contribution >= 0.6 is 0 Å². The highest BCUT2D eigenvalue weighted by molar-refractivity contribution is 5.77. The number of ether oxygens (including phenoxy) is 2. The molecule has 0 bridgehead atoms. The fourth-order valence-corrected chi connectivity index (χ4v) is 2.76. The van der Waals surface area contributed by atoms with Gasteiger partial charge in [-0.3, -0.25) is 4.79 Å². The summed E-state index contributed by atoms with van der Waals surface area (Å²) in [5, 5.41) is 9.59. The zero-order valence-corrected chi connectivity index (χ0v) is 12.4. The summed E-state index contributed by atoms with van der Waals surface area (Å²) in [6, 6.07) is 13.2. The molecule has 0 amide bonds. The third kappa shape index (κ3) is 2.91. The van der Waals surface area contributed by atoms with Crippen molar-refractivity contribution in [3.8, 4) is 11.5 Å².